The highest BCUT2D eigenvalue weighted by Crippen LogP contribution is 2.55. The number of hydrogen-bond acceptors (Lipinski definition) is 5. The van der Waals surface area contributed by atoms with E-state index in [9.17, 15) is 9.59 Å². The molecule has 2 aliphatic carbocycles. The Hall–Kier alpha value is -2.32. The fraction of sp³-hybridized carbons (Fsp3) is 0.486. The third kappa shape index (κ3) is 6.03. The van der Waals surface area contributed by atoms with Gasteiger partial charge in [0.2, 0.25) is 0 Å². The molecule has 2 aromatic rings. The van der Waals surface area contributed by atoms with Crippen molar-refractivity contribution in [2.24, 2.45) is 10.8 Å². The topological polar surface area (TPSA) is 55.8 Å². The standard InChI is InChI=1S/C35H41ClINO4/c1-7-13-38-25-16-34(3,4)18-27(39)31(25)30(32-26(38)17-35(5,6)19-28(32)40)22-14-24(37)33(29(15-22)41-8-2)42-20-21-11-9-10-12-23(21)36/h9-12,14-15,30H,7-8,13,16-20H2,1-6H3. The summed E-state index contributed by atoms with van der Waals surface area (Å²) in [4.78, 5) is 30.4. The zero-order valence-electron chi connectivity index (χ0n) is 25.5. The number of Topliss-reactive ketones (excluding diaryl/α,β-unsaturated/α-hetero) is 2. The molecule has 5 nitrogen and oxygen atoms in total. The van der Waals surface area contributed by atoms with Gasteiger partial charge in [-0.15, -0.1) is 0 Å². The number of nitrogens with zero attached hydrogens (tertiary/aromatic N) is 1. The van der Waals surface area contributed by atoms with Crippen LogP contribution in [0.15, 0.2) is 58.9 Å². The third-order valence-corrected chi connectivity index (χ3v) is 9.63. The number of allylic oxidation sites excluding steroid dienone is 4. The Kier molecular flexibility index (Phi) is 8.88. The minimum absolute atomic E-state index is 0.139. The van der Waals surface area contributed by atoms with Crippen LogP contribution >= 0.6 is 34.2 Å². The van der Waals surface area contributed by atoms with Crippen LogP contribution in [0, 0.1) is 14.4 Å². The van der Waals surface area contributed by atoms with E-state index >= 15 is 0 Å². The lowest BCUT2D eigenvalue weighted by molar-refractivity contribution is -0.119. The molecule has 0 aromatic heterocycles. The van der Waals surface area contributed by atoms with Crippen LogP contribution in [0.4, 0.5) is 0 Å². The summed E-state index contributed by atoms with van der Waals surface area (Å²) >= 11 is 8.68. The van der Waals surface area contributed by atoms with E-state index in [1.807, 2.05) is 37.3 Å². The highest BCUT2D eigenvalue weighted by atomic mass is 127. The van der Waals surface area contributed by atoms with Gasteiger partial charge in [0.1, 0.15) is 6.61 Å². The first-order valence-electron chi connectivity index (χ1n) is 15.0. The van der Waals surface area contributed by atoms with E-state index < -0.39 is 5.92 Å². The average molecular weight is 702 g/mol. The Labute approximate surface area is 268 Å². The number of ketones is 2. The molecule has 0 unspecified atom stereocenters. The van der Waals surface area contributed by atoms with Crippen LogP contribution in [0.5, 0.6) is 11.5 Å². The molecule has 2 aromatic carbocycles. The van der Waals surface area contributed by atoms with Crippen molar-refractivity contribution < 1.29 is 19.1 Å². The second-order valence-corrected chi connectivity index (χ2v) is 14.9. The second-order valence-electron chi connectivity index (χ2n) is 13.3. The van der Waals surface area contributed by atoms with Crippen LogP contribution < -0.4 is 9.47 Å². The Morgan fingerprint density at radius 3 is 2.05 bits per heavy atom. The second kappa shape index (κ2) is 12.0. The van der Waals surface area contributed by atoms with Crippen LogP contribution in [-0.4, -0.2) is 29.6 Å². The van der Waals surface area contributed by atoms with Gasteiger partial charge < -0.3 is 14.4 Å². The van der Waals surface area contributed by atoms with Gasteiger partial charge in [0.15, 0.2) is 23.1 Å². The molecule has 1 heterocycles. The van der Waals surface area contributed by atoms with E-state index in [1.165, 1.54) is 0 Å². The summed E-state index contributed by atoms with van der Waals surface area (Å²) in [5.74, 6) is 1.12. The highest BCUT2D eigenvalue weighted by Gasteiger charge is 2.49. The predicted molar refractivity (Wildman–Crippen MR) is 176 cm³/mol. The van der Waals surface area contributed by atoms with Crippen LogP contribution in [0.25, 0.3) is 0 Å². The van der Waals surface area contributed by atoms with E-state index in [1.54, 1.807) is 0 Å². The zero-order valence-corrected chi connectivity index (χ0v) is 28.4. The molecule has 0 saturated heterocycles. The first kappa shape index (κ1) is 31.1. The van der Waals surface area contributed by atoms with Crippen molar-refractivity contribution in [2.45, 2.75) is 86.2 Å². The van der Waals surface area contributed by atoms with Gasteiger partial charge in [-0.25, -0.2) is 0 Å². The van der Waals surface area contributed by atoms with Crippen molar-refractivity contribution in [3.63, 3.8) is 0 Å². The van der Waals surface area contributed by atoms with E-state index in [-0.39, 0.29) is 22.4 Å². The number of carbonyl (C=O) groups excluding carboxylic acids is 2. The number of rotatable bonds is 8. The predicted octanol–water partition coefficient (Wildman–Crippen LogP) is 9.02. The summed E-state index contributed by atoms with van der Waals surface area (Å²) < 4.78 is 13.3. The number of ether oxygens (including phenoxy) is 2. The summed E-state index contributed by atoms with van der Waals surface area (Å²) in [6.45, 7) is 14.4. The molecule has 0 fully saturated rings. The first-order chi connectivity index (χ1) is 19.9. The van der Waals surface area contributed by atoms with Crippen molar-refractivity contribution in [3.05, 3.63) is 78.7 Å². The molecule has 1 aliphatic heterocycles. The van der Waals surface area contributed by atoms with Crippen molar-refractivity contribution in [2.75, 3.05) is 13.2 Å². The fourth-order valence-electron chi connectivity index (χ4n) is 6.80. The molecule has 0 atom stereocenters. The molecule has 224 valence electrons. The monoisotopic (exact) mass is 701 g/mol. The van der Waals surface area contributed by atoms with Crippen LogP contribution in [0.2, 0.25) is 5.02 Å². The van der Waals surface area contributed by atoms with Gasteiger partial charge in [0.25, 0.3) is 0 Å². The van der Waals surface area contributed by atoms with Gasteiger partial charge in [-0.1, -0.05) is 64.4 Å². The minimum atomic E-state index is -0.416. The van der Waals surface area contributed by atoms with E-state index in [0.29, 0.717) is 42.6 Å². The van der Waals surface area contributed by atoms with Gasteiger partial charge in [-0.2, -0.15) is 0 Å². The summed E-state index contributed by atoms with van der Waals surface area (Å²) in [5.41, 5.74) is 5.29. The van der Waals surface area contributed by atoms with E-state index in [2.05, 4.69) is 68.2 Å². The molecule has 7 heteroatoms. The van der Waals surface area contributed by atoms with Crippen LogP contribution in [0.1, 0.15) is 90.7 Å². The van der Waals surface area contributed by atoms with Gasteiger partial charge in [-0.3, -0.25) is 9.59 Å². The molecule has 0 amide bonds. The molecular weight excluding hydrogens is 661 g/mol. The van der Waals surface area contributed by atoms with Crippen LogP contribution in [-0.2, 0) is 16.2 Å². The number of hydrogen-bond donors (Lipinski definition) is 0. The molecule has 0 spiro atoms. The van der Waals surface area contributed by atoms with Gasteiger partial charge >= 0.3 is 0 Å². The quantitative estimate of drug-likeness (QED) is 0.257. The number of halogens is 2. The van der Waals surface area contributed by atoms with Gasteiger partial charge in [-0.05, 0) is 83.4 Å². The van der Waals surface area contributed by atoms with Gasteiger partial charge in [0, 0.05) is 58.4 Å². The van der Waals surface area contributed by atoms with Crippen molar-refractivity contribution >= 4 is 45.8 Å². The Morgan fingerprint density at radius 2 is 1.50 bits per heavy atom. The maximum atomic E-state index is 14.1. The number of benzene rings is 2. The van der Waals surface area contributed by atoms with Gasteiger partial charge in [0.05, 0.1) is 10.2 Å². The molecule has 5 rings (SSSR count). The summed E-state index contributed by atoms with van der Waals surface area (Å²) in [7, 11) is 0. The van der Waals surface area contributed by atoms with Crippen molar-refractivity contribution in [1.29, 1.82) is 0 Å². The summed E-state index contributed by atoms with van der Waals surface area (Å²) in [6.07, 6.45) is 3.50. The molecular formula is C35H41ClINO4. The Balaban J connectivity index is 1.67. The smallest absolute Gasteiger partial charge is 0.174 e. The minimum Gasteiger partial charge on any atom is -0.490 e. The summed E-state index contributed by atoms with van der Waals surface area (Å²) in [6, 6.07) is 11.7. The largest absolute Gasteiger partial charge is 0.490 e. The average Bonchev–Trinajstić information content (AvgIpc) is 2.88. The lowest BCUT2D eigenvalue weighted by Crippen LogP contribution is -2.44. The molecule has 3 aliphatic rings. The van der Waals surface area contributed by atoms with Crippen molar-refractivity contribution in [1.82, 2.24) is 4.90 Å². The molecule has 42 heavy (non-hydrogen) atoms. The lowest BCUT2D eigenvalue weighted by Gasteiger charge is -2.49. The highest BCUT2D eigenvalue weighted by molar-refractivity contribution is 14.1. The Morgan fingerprint density at radius 1 is 0.905 bits per heavy atom. The molecule has 0 saturated carbocycles. The normalized spacial score (nSPS) is 20.0. The lowest BCUT2D eigenvalue weighted by atomic mass is 9.63. The first-order valence-corrected chi connectivity index (χ1v) is 16.4. The maximum Gasteiger partial charge on any atom is 0.174 e. The van der Waals surface area contributed by atoms with E-state index in [4.69, 9.17) is 21.1 Å². The third-order valence-electron chi connectivity index (χ3n) is 8.46. The SMILES string of the molecule is CCCN1C2=C(C(=O)CC(C)(C)C2)C(c2cc(I)c(OCc3ccccc3Cl)c(OCC)c2)C2=C1CC(C)(C)CC2=O. The number of carbonyl (C=O) groups is 2. The summed E-state index contributed by atoms with van der Waals surface area (Å²) in [5, 5.41) is 0.650. The molecule has 0 N–H and O–H groups in total. The van der Waals surface area contributed by atoms with Crippen LogP contribution in [0.3, 0.4) is 0 Å². The molecule has 0 bridgehead atoms. The zero-order chi connectivity index (χ0) is 30.4. The maximum absolute atomic E-state index is 14.1. The van der Waals surface area contributed by atoms with Crippen molar-refractivity contribution in [3.8, 4) is 11.5 Å². The fourth-order valence-corrected chi connectivity index (χ4v) is 7.77. The molecule has 0 radical (unpaired) electrons. The van der Waals surface area contributed by atoms with E-state index in [0.717, 1.165) is 63.0 Å². The Bertz CT molecular complexity index is 1430.